The average molecular weight is 336 g/mol. The molecular formula is C13H24N2O4S2. The highest BCUT2D eigenvalue weighted by Gasteiger charge is 2.45. The number of hydrogen-bond acceptors (Lipinski definition) is 5. The second kappa shape index (κ2) is 5.47. The van der Waals surface area contributed by atoms with Crippen molar-refractivity contribution >= 4 is 19.9 Å². The molecule has 1 aliphatic carbocycles. The van der Waals surface area contributed by atoms with Crippen LogP contribution >= 0.6 is 0 Å². The summed E-state index contributed by atoms with van der Waals surface area (Å²) in [4.78, 5) is 2.33. The molecule has 0 spiro atoms. The standard InChI is InChI=1S/C13H24N2O4S2/c1-20(16,17)15-8-9-21(18,19)13-5-7-14(6-4-12(13)15)10-11-2-3-11/h11-13H,2-10H2,1H3/t12-,13-/m0/s1. The van der Waals surface area contributed by atoms with E-state index in [1.807, 2.05) is 0 Å². The van der Waals surface area contributed by atoms with E-state index in [9.17, 15) is 16.8 Å². The zero-order valence-electron chi connectivity index (χ0n) is 12.4. The van der Waals surface area contributed by atoms with Gasteiger partial charge in [0, 0.05) is 19.1 Å². The first kappa shape index (κ1) is 15.7. The van der Waals surface area contributed by atoms with Crippen LogP contribution in [0.2, 0.25) is 0 Å². The van der Waals surface area contributed by atoms with Gasteiger partial charge in [0.2, 0.25) is 10.0 Å². The largest absolute Gasteiger partial charge is 0.303 e. The molecule has 2 aliphatic heterocycles. The Morgan fingerprint density at radius 3 is 2.33 bits per heavy atom. The van der Waals surface area contributed by atoms with Crippen molar-refractivity contribution < 1.29 is 16.8 Å². The highest BCUT2D eigenvalue weighted by atomic mass is 32.2. The van der Waals surface area contributed by atoms with Gasteiger partial charge < -0.3 is 4.90 Å². The molecule has 3 aliphatic rings. The predicted molar refractivity (Wildman–Crippen MR) is 81.3 cm³/mol. The molecular weight excluding hydrogens is 312 g/mol. The number of fused-ring (bicyclic) bond motifs is 1. The summed E-state index contributed by atoms with van der Waals surface area (Å²) in [5.74, 6) is 0.733. The Balaban J connectivity index is 1.81. The minimum atomic E-state index is -3.34. The first-order valence-electron chi connectivity index (χ1n) is 7.68. The van der Waals surface area contributed by atoms with E-state index in [1.165, 1.54) is 23.4 Å². The van der Waals surface area contributed by atoms with Gasteiger partial charge in [0.1, 0.15) is 0 Å². The van der Waals surface area contributed by atoms with E-state index in [1.54, 1.807) is 0 Å². The molecule has 3 rings (SSSR count). The fraction of sp³-hybridized carbons (Fsp3) is 1.00. The number of likely N-dealkylation sites (tertiary alicyclic amines) is 1. The molecule has 0 bridgehead atoms. The smallest absolute Gasteiger partial charge is 0.211 e. The Morgan fingerprint density at radius 1 is 1.05 bits per heavy atom. The van der Waals surface area contributed by atoms with Crippen LogP contribution in [0.15, 0.2) is 0 Å². The quantitative estimate of drug-likeness (QED) is 0.721. The van der Waals surface area contributed by atoms with E-state index in [2.05, 4.69) is 4.90 Å². The number of sulfone groups is 1. The summed E-state index contributed by atoms with van der Waals surface area (Å²) < 4.78 is 50.0. The molecule has 0 radical (unpaired) electrons. The lowest BCUT2D eigenvalue weighted by molar-refractivity contribution is 0.257. The number of rotatable bonds is 3. The highest BCUT2D eigenvalue weighted by molar-refractivity contribution is 7.92. The van der Waals surface area contributed by atoms with Gasteiger partial charge in [-0.25, -0.2) is 16.8 Å². The van der Waals surface area contributed by atoms with Crippen LogP contribution in [-0.4, -0.2) is 75.5 Å². The molecule has 2 atom stereocenters. The normalized spacial score (nSPS) is 35.1. The topological polar surface area (TPSA) is 74.8 Å². The zero-order valence-corrected chi connectivity index (χ0v) is 14.1. The molecule has 122 valence electrons. The van der Waals surface area contributed by atoms with Crippen molar-refractivity contribution in [2.75, 3.05) is 38.2 Å². The van der Waals surface area contributed by atoms with Gasteiger partial charge in [-0.2, -0.15) is 4.31 Å². The molecule has 3 fully saturated rings. The van der Waals surface area contributed by atoms with E-state index in [4.69, 9.17) is 0 Å². The number of hydrogen-bond donors (Lipinski definition) is 0. The maximum atomic E-state index is 12.3. The average Bonchev–Trinajstić information content (AvgIpc) is 3.16. The molecule has 6 nitrogen and oxygen atoms in total. The van der Waals surface area contributed by atoms with Crippen LogP contribution in [0.3, 0.4) is 0 Å². The molecule has 0 unspecified atom stereocenters. The van der Waals surface area contributed by atoms with E-state index < -0.39 is 25.1 Å². The van der Waals surface area contributed by atoms with Crippen molar-refractivity contribution in [3.8, 4) is 0 Å². The van der Waals surface area contributed by atoms with Gasteiger partial charge in [0.05, 0.1) is 17.3 Å². The van der Waals surface area contributed by atoms with Gasteiger partial charge in [0.25, 0.3) is 0 Å². The van der Waals surface area contributed by atoms with Crippen molar-refractivity contribution in [1.29, 1.82) is 0 Å². The highest BCUT2D eigenvalue weighted by Crippen LogP contribution is 2.33. The summed E-state index contributed by atoms with van der Waals surface area (Å²) >= 11 is 0. The van der Waals surface area contributed by atoms with E-state index in [0.29, 0.717) is 12.8 Å². The third-order valence-corrected chi connectivity index (χ3v) is 8.50. The molecule has 0 N–H and O–H groups in total. The summed E-state index contributed by atoms with van der Waals surface area (Å²) in [5, 5.41) is -0.523. The van der Waals surface area contributed by atoms with Crippen molar-refractivity contribution in [2.24, 2.45) is 5.92 Å². The maximum absolute atomic E-state index is 12.3. The number of nitrogens with zero attached hydrogens (tertiary/aromatic N) is 2. The lowest BCUT2D eigenvalue weighted by Crippen LogP contribution is -2.56. The van der Waals surface area contributed by atoms with Crippen LogP contribution in [0.1, 0.15) is 25.7 Å². The van der Waals surface area contributed by atoms with Crippen molar-refractivity contribution in [3.05, 3.63) is 0 Å². The second-order valence-electron chi connectivity index (χ2n) is 6.67. The molecule has 0 amide bonds. The third-order valence-electron chi connectivity index (χ3n) is 4.97. The van der Waals surface area contributed by atoms with Crippen LogP contribution < -0.4 is 0 Å². The summed E-state index contributed by atoms with van der Waals surface area (Å²) in [6.07, 6.45) is 4.93. The predicted octanol–water partition coefficient (Wildman–Crippen LogP) is -0.0806. The van der Waals surface area contributed by atoms with E-state index in [0.717, 1.165) is 25.6 Å². The van der Waals surface area contributed by atoms with Crippen molar-refractivity contribution in [1.82, 2.24) is 9.21 Å². The zero-order chi connectivity index (χ0) is 15.3. The van der Waals surface area contributed by atoms with Crippen molar-refractivity contribution in [3.63, 3.8) is 0 Å². The van der Waals surface area contributed by atoms with Gasteiger partial charge >= 0.3 is 0 Å². The second-order valence-corrected chi connectivity index (χ2v) is 10.9. The molecule has 0 aromatic rings. The molecule has 2 heterocycles. The van der Waals surface area contributed by atoms with E-state index in [-0.39, 0.29) is 18.3 Å². The van der Waals surface area contributed by atoms with Crippen LogP contribution in [-0.2, 0) is 19.9 Å². The molecule has 2 saturated heterocycles. The Hall–Kier alpha value is -0.180. The van der Waals surface area contributed by atoms with Gasteiger partial charge in [0.15, 0.2) is 9.84 Å². The van der Waals surface area contributed by atoms with Gasteiger partial charge in [-0.15, -0.1) is 0 Å². The SMILES string of the molecule is CS(=O)(=O)N1CCS(=O)(=O)[C@H]2CCN(CC3CC3)CC[C@@H]21. The van der Waals surface area contributed by atoms with Gasteiger partial charge in [-0.1, -0.05) is 0 Å². The van der Waals surface area contributed by atoms with Crippen LogP contribution in [0.25, 0.3) is 0 Å². The molecule has 1 saturated carbocycles. The Morgan fingerprint density at radius 2 is 1.71 bits per heavy atom. The van der Waals surface area contributed by atoms with Crippen LogP contribution in [0, 0.1) is 5.92 Å². The fourth-order valence-corrected chi connectivity index (χ4v) is 7.00. The van der Waals surface area contributed by atoms with Crippen LogP contribution in [0.4, 0.5) is 0 Å². The van der Waals surface area contributed by atoms with Gasteiger partial charge in [-0.3, -0.25) is 0 Å². The summed E-state index contributed by atoms with van der Waals surface area (Å²) in [6, 6.07) is -0.372. The third kappa shape index (κ3) is 3.43. The Labute approximate surface area is 127 Å². The Kier molecular flexibility index (Phi) is 4.09. The molecule has 8 heteroatoms. The summed E-state index contributed by atoms with van der Waals surface area (Å²) in [7, 11) is -6.51. The first-order valence-corrected chi connectivity index (χ1v) is 11.2. The fourth-order valence-electron chi connectivity index (χ4n) is 3.66. The molecule has 0 aromatic carbocycles. The maximum Gasteiger partial charge on any atom is 0.211 e. The summed E-state index contributed by atoms with van der Waals surface area (Å²) in [6.45, 7) is 2.73. The Bertz CT molecular complexity index is 598. The van der Waals surface area contributed by atoms with E-state index >= 15 is 0 Å². The lowest BCUT2D eigenvalue weighted by Gasteiger charge is -2.38. The lowest BCUT2D eigenvalue weighted by atomic mass is 10.1. The minimum Gasteiger partial charge on any atom is -0.303 e. The van der Waals surface area contributed by atoms with Crippen LogP contribution in [0.5, 0.6) is 0 Å². The summed E-state index contributed by atoms with van der Waals surface area (Å²) in [5.41, 5.74) is 0. The number of sulfonamides is 1. The molecule has 21 heavy (non-hydrogen) atoms. The first-order chi connectivity index (χ1) is 9.77. The van der Waals surface area contributed by atoms with Crippen molar-refractivity contribution in [2.45, 2.75) is 37.0 Å². The molecule has 0 aromatic heterocycles. The monoisotopic (exact) mass is 336 g/mol. The minimum absolute atomic E-state index is 0.0378. The van der Waals surface area contributed by atoms with Gasteiger partial charge in [-0.05, 0) is 44.7 Å².